The number of hydrogen-bond donors (Lipinski definition) is 4. The third-order valence-corrected chi connectivity index (χ3v) is 7.65. The number of rotatable bonds is 15. The molecule has 0 radical (unpaired) electrons. The summed E-state index contributed by atoms with van der Waals surface area (Å²) in [5.74, 6) is 0.108. The molecular weight excluding hydrogens is 655 g/mol. The monoisotopic (exact) mass is 696 g/mol. The van der Waals surface area contributed by atoms with Crippen LogP contribution in [0.1, 0.15) is 37.8 Å². The minimum Gasteiger partial charge on any atom is -0.493 e. The highest BCUT2D eigenvalue weighted by Crippen LogP contribution is 2.37. The molecule has 0 aromatic heterocycles. The standard InChI is InChI=1S/C31H41IN2O8/c1-20(2)41-13-7-11-34(28(37)16-21-8-5-4-6-9-21)25-17-23(31(39)33-10-12-35)18-26(29(25)38)42-30-24(32)14-22(19-36)15-27(30)40-3/h4-6,8-9,14-15,18,20,25-26,29,35-36,38H,7,10-13,16-17,19H2,1-3H3,(H,33,39). The van der Waals surface area contributed by atoms with Crippen molar-refractivity contribution in [2.24, 2.45) is 0 Å². The van der Waals surface area contributed by atoms with E-state index in [1.54, 1.807) is 23.1 Å². The second kappa shape index (κ2) is 16.8. The van der Waals surface area contributed by atoms with Gasteiger partial charge in [-0.05, 0) is 72.2 Å². The Labute approximate surface area is 260 Å². The molecule has 10 nitrogen and oxygen atoms in total. The maximum absolute atomic E-state index is 13.8. The van der Waals surface area contributed by atoms with Gasteiger partial charge in [0.15, 0.2) is 11.5 Å². The van der Waals surface area contributed by atoms with E-state index in [-0.39, 0.29) is 44.6 Å². The zero-order valence-electron chi connectivity index (χ0n) is 24.3. The van der Waals surface area contributed by atoms with Gasteiger partial charge in [-0.25, -0.2) is 0 Å². The molecule has 0 fully saturated rings. The van der Waals surface area contributed by atoms with Crippen molar-refractivity contribution in [2.45, 2.75) is 64.1 Å². The number of aliphatic hydroxyl groups excluding tert-OH is 3. The highest BCUT2D eigenvalue weighted by atomic mass is 127. The molecule has 0 heterocycles. The average molecular weight is 697 g/mol. The van der Waals surface area contributed by atoms with Gasteiger partial charge in [0.1, 0.15) is 12.2 Å². The molecule has 0 saturated carbocycles. The van der Waals surface area contributed by atoms with E-state index in [1.807, 2.05) is 44.2 Å². The van der Waals surface area contributed by atoms with E-state index < -0.39 is 24.2 Å². The molecule has 2 aromatic rings. The number of benzene rings is 2. The van der Waals surface area contributed by atoms with Crippen LogP contribution >= 0.6 is 22.6 Å². The first-order valence-corrected chi connectivity index (χ1v) is 15.1. The van der Waals surface area contributed by atoms with E-state index in [4.69, 9.17) is 14.2 Å². The number of hydrogen-bond acceptors (Lipinski definition) is 8. The molecule has 2 aromatic carbocycles. The minimum atomic E-state index is -1.18. The average Bonchev–Trinajstić information content (AvgIpc) is 2.98. The first-order chi connectivity index (χ1) is 20.2. The number of carbonyl (C=O) groups is 2. The van der Waals surface area contributed by atoms with Crippen molar-refractivity contribution in [3.05, 3.63) is 68.8 Å². The minimum absolute atomic E-state index is 0.0379. The molecule has 3 atom stereocenters. The van der Waals surface area contributed by atoms with Gasteiger partial charge in [-0.2, -0.15) is 0 Å². The summed E-state index contributed by atoms with van der Waals surface area (Å²) in [5.41, 5.74) is 1.80. The molecule has 3 unspecified atom stereocenters. The van der Waals surface area contributed by atoms with Crippen molar-refractivity contribution in [1.82, 2.24) is 10.2 Å². The molecule has 3 rings (SSSR count). The van der Waals surface area contributed by atoms with Gasteiger partial charge in [0.25, 0.3) is 0 Å². The van der Waals surface area contributed by atoms with Crippen LogP contribution in [0.3, 0.4) is 0 Å². The number of methoxy groups -OCH3 is 1. The number of nitrogens with one attached hydrogen (secondary N) is 1. The van der Waals surface area contributed by atoms with E-state index in [9.17, 15) is 24.9 Å². The van der Waals surface area contributed by atoms with Crippen LogP contribution in [-0.2, 0) is 27.4 Å². The summed E-state index contributed by atoms with van der Waals surface area (Å²) in [6, 6.07) is 12.0. The van der Waals surface area contributed by atoms with Gasteiger partial charge in [-0.15, -0.1) is 0 Å². The Morgan fingerprint density at radius 3 is 2.52 bits per heavy atom. The largest absolute Gasteiger partial charge is 0.493 e. The molecule has 11 heteroatoms. The lowest BCUT2D eigenvalue weighted by atomic mass is 9.87. The zero-order chi connectivity index (χ0) is 30.6. The summed E-state index contributed by atoms with van der Waals surface area (Å²) in [7, 11) is 1.48. The van der Waals surface area contributed by atoms with E-state index in [1.165, 1.54) is 7.11 Å². The van der Waals surface area contributed by atoms with E-state index in [0.29, 0.717) is 45.8 Å². The van der Waals surface area contributed by atoms with E-state index in [0.717, 1.165) is 5.56 Å². The lowest BCUT2D eigenvalue weighted by Gasteiger charge is -2.41. The van der Waals surface area contributed by atoms with Crippen LogP contribution in [-0.4, -0.2) is 89.8 Å². The predicted octanol–water partition coefficient (Wildman–Crippen LogP) is 2.59. The second-order valence-electron chi connectivity index (χ2n) is 10.3. The Balaban J connectivity index is 1.97. The second-order valence-corrected chi connectivity index (χ2v) is 11.5. The molecular formula is C31H41IN2O8. The van der Waals surface area contributed by atoms with Gasteiger partial charge in [0, 0.05) is 31.7 Å². The Morgan fingerprint density at radius 2 is 1.88 bits per heavy atom. The van der Waals surface area contributed by atoms with Crippen molar-refractivity contribution < 1.29 is 39.1 Å². The van der Waals surface area contributed by atoms with Gasteiger partial charge in [0.05, 0.1) is 42.5 Å². The van der Waals surface area contributed by atoms with Crippen LogP contribution < -0.4 is 14.8 Å². The Morgan fingerprint density at radius 1 is 1.14 bits per heavy atom. The first kappa shape index (κ1) is 33.8. The highest BCUT2D eigenvalue weighted by Gasteiger charge is 2.40. The van der Waals surface area contributed by atoms with Gasteiger partial charge in [-0.3, -0.25) is 9.59 Å². The Bertz CT molecular complexity index is 1210. The summed E-state index contributed by atoms with van der Waals surface area (Å²) in [6.07, 6.45) is 0.189. The molecule has 0 saturated heterocycles. The van der Waals surface area contributed by atoms with Crippen molar-refractivity contribution in [3.63, 3.8) is 0 Å². The third-order valence-electron chi connectivity index (χ3n) is 6.85. The maximum Gasteiger partial charge on any atom is 0.247 e. The molecule has 42 heavy (non-hydrogen) atoms. The van der Waals surface area contributed by atoms with Crippen LogP contribution in [0.2, 0.25) is 0 Å². The quantitative estimate of drug-likeness (QED) is 0.165. The Hall–Kier alpha value is -2.71. The third kappa shape index (κ3) is 9.40. The highest BCUT2D eigenvalue weighted by molar-refractivity contribution is 14.1. The number of aliphatic hydroxyl groups is 3. The van der Waals surface area contributed by atoms with Crippen LogP contribution in [0.5, 0.6) is 11.5 Å². The van der Waals surface area contributed by atoms with Crippen LogP contribution in [0.4, 0.5) is 0 Å². The number of halogens is 1. The SMILES string of the molecule is COc1cc(CO)cc(I)c1OC1C=C(C(=O)NCCO)CC(N(CCCOC(C)C)C(=O)Cc2ccccc2)C1O. The number of nitrogens with zero attached hydrogens (tertiary/aromatic N) is 1. The molecule has 0 aliphatic heterocycles. The Kier molecular flexibility index (Phi) is 13.5. The van der Waals surface area contributed by atoms with Crippen molar-refractivity contribution in [1.29, 1.82) is 0 Å². The number of carbonyl (C=O) groups excluding carboxylic acids is 2. The van der Waals surface area contributed by atoms with Crippen LogP contribution in [0.15, 0.2) is 54.1 Å². The lowest BCUT2D eigenvalue weighted by Crippen LogP contribution is -2.55. The maximum atomic E-state index is 13.8. The fourth-order valence-corrected chi connectivity index (χ4v) is 5.59. The van der Waals surface area contributed by atoms with E-state index >= 15 is 0 Å². The van der Waals surface area contributed by atoms with Gasteiger partial charge in [0.2, 0.25) is 11.8 Å². The van der Waals surface area contributed by atoms with Gasteiger partial charge in [-0.1, -0.05) is 30.3 Å². The normalized spacial score (nSPS) is 18.4. The molecule has 0 bridgehead atoms. The van der Waals surface area contributed by atoms with Gasteiger partial charge >= 0.3 is 0 Å². The summed E-state index contributed by atoms with van der Waals surface area (Å²) in [4.78, 5) is 28.5. The summed E-state index contributed by atoms with van der Waals surface area (Å²) >= 11 is 2.06. The van der Waals surface area contributed by atoms with Crippen molar-refractivity contribution in [2.75, 3.05) is 33.4 Å². The smallest absolute Gasteiger partial charge is 0.247 e. The van der Waals surface area contributed by atoms with Crippen LogP contribution in [0, 0.1) is 3.57 Å². The lowest BCUT2D eigenvalue weighted by molar-refractivity contribution is -0.138. The van der Waals surface area contributed by atoms with Crippen molar-refractivity contribution >= 4 is 34.4 Å². The molecule has 0 spiro atoms. The number of amides is 2. The molecule has 1 aliphatic carbocycles. The zero-order valence-corrected chi connectivity index (χ0v) is 26.5. The summed E-state index contributed by atoms with van der Waals surface area (Å²) in [6.45, 7) is 4.27. The van der Waals surface area contributed by atoms with Crippen molar-refractivity contribution in [3.8, 4) is 11.5 Å². The molecule has 4 N–H and O–H groups in total. The fraction of sp³-hybridized carbons (Fsp3) is 0.484. The molecule has 230 valence electrons. The predicted molar refractivity (Wildman–Crippen MR) is 166 cm³/mol. The van der Waals surface area contributed by atoms with E-state index in [2.05, 4.69) is 27.9 Å². The number of ether oxygens (including phenoxy) is 3. The molecule has 2 amide bonds. The van der Waals surface area contributed by atoms with Crippen LogP contribution in [0.25, 0.3) is 0 Å². The first-order valence-electron chi connectivity index (χ1n) is 14.0. The summed E-state index contributed by atoms with van der Waals surface area (Å²) in [5, 5.41) is 33.2. The van der Waals surface area contributed by atoms with Gasteiger partial charge < -0.3 is 39.7 Å². The topological polar surface area (TPSA) is 138 Å². The summed E-state index contributed by atoms with van der Waals surface area (Å²) < 4.78 is 18.2. The fourth-order valence-electron chi connectivity index (χ4n) is 4.80. The molecule has 1 aliphatic rings.